The number of aromatic nitrogens is 2. The average molecular weight is 287 g/mol. The van der Waals surface area contributed by atoms with Crippen LogP contribution in [0.25, 0.3) is 0 Å². The monoisotopic (exact) mass is 286 g/mol. The summed E-state index contributed by atoms with van der Waals surface area (Å²) in [6.45, 7) is 6.97. The van der Waals surface area contributed by atoms with Crippen molar-refractivity contribution in [2.45, 2.75) is 45.7 Å². The third-order valence-electron chi connectivity index (χ3n) is 3.81. The van der Waals surface area contributed by atoms with E-state index in [9.17, 15) is 4.79 Å². The van der Waals surface area contributed by atoms with Crippen molar-refractivity contribution in [3.05, 3.63) is 17.0 Å². The normalized spacial score (nSPS) is 22.7. The molecule has 2 N–H and O–H groups in total. The van der Waals surface area contributed by atoms with Gasteiger partial charge in [0, 0.05) is 24.8 Å². The number of hydrogen-bond acceptors (Lipinski definition) is 3. The predicted octanol–water partition coefficient (Wildman–Crippen LogP) is 1.33. The molecule has 2 atom stereocenters. The molecule has 0 saturated carbocycles. The molecule has 19 heavy (non-hydrogen) atoms. The Bertz CT molecular complexity index is 458. The van der Waals surface area contributed by atoms with Crippen molar-refractivity contribution in [1.82, 2.24) is 20.4 Å². The summed E-state index contributed by atoms with van der Waals surface area (Å²) in [4.78, 5) is 12.3. The highest BCUT2D eigenvalue weighted by atomic mass is 35.5. The van der Waals surface area contributed by atoms with Gasteiger partial charge in [0.25, 0.3) is 5.91 Å². The van der Waals surface area contributed by atoms with Crippen LogP contribution >= 0.6 is 12.4 Å². The largest absolute Gasteiger partial charge is 0.348 e. The summed E-state index contributed by atoms with van der Waals surface area (Å²) < 4.78 is 1.76. The Labute approximate surface area is 120 Å². The molecular formula is C13H23ClN4O. The number of aryl methyl sites for hydroxylation is 2. The van der Waals surface area contributed by atoms with Crippen LogP contribution in [0.4, 0.5) is 0 Å². The molecule has 1 saturated heterocycles. The molecule has 1 aliphatic rings. The van der Waals surface area contributed by atoms with Crippen molar-refractivity contribution in [3.63, 3.8) is 0 Å². The van der Waals surface area contributed by atoms with Gasteiger partial charge >= 0.3 is 0 Å². The van der Waals surface area contributed by atoms with Gasteiger partial charge in [-0.2, -0.15) is 5.10 Å². The zero-order chi connectivity index (χ0) is 13.3. The highest BCUT2D eigenvalue weighted by Gasteiger charge is 2.25. The summed E-state index contributed by atoms with van der Waals surface area (Å²) in [6, 6.07) is 0.547. The Morgan fingerprint density at radius 3 is 2.68 bits per heavy atom. The molecule has 1 amide bonds. The predicted molar refractivity (Wildman–Crippen MR) is 77.9 cm³/mol. The Hall–Kier alpha value is -1.07. The third-order valence-corrected chi connectivity index (χ3v) is 3.81. The zero-order valence-electron chi connectivity index (χ0n) is 12.0. The first kappa shape index (κ1) is 16.0. The molecule has 6 heteroatoms. The maximum absolute atomic E-state index is 12.3. The number of carbonyl (C=O) groups is 1. The molecule has 0 bridgehead atoms. The lowest BCUT2D eigenvalue weighted by molar-refractivity contribution is 0.0918. The number of halogens is 1. The molecule has 108 valence electrons. The Morgan fingerprint density at radius 2 is 2.16 bits per heavy atom. The van der Waals surface area contributed by atoms with Crippen molar-refractivity contribution in [2.75, 3.05) is 6.54 Å². The number of nitrogens with one attached hydrogen (secondary N) is 2. The first-order chi connectivity index (χ1) is 8.50. The maximum atomic E-state index is 12.3. The summed E-state index contributed by atoms with van der Waals surface area (Å²) in [5, 5.41) is 10.8. The Balaban J connectivity index is 0.00000180. The maximum Gasteiger partial charge on any atom is 0.255 e. The molecule has 2 unspecified atom stereocenters. The molecule has 2 rings (SSSR count). The molecule has 0 spiro atoms. The second-order valence-corrected chi connectivity index (χ2v) is 5.13. The summed E-state index contributed by atoms with van der Waals surface area (Å²) in [5.41, 5.74) is 2.43. The fourth-order valence-electron chi connectivity index (χ4n) is 2.58. The first-order valence-electron chi connectivity index (χ1n) is 6.55. The van der Waals surface area contributed by atoms with Crippen molar-refractivity contribution in [2.24, 2.45) is 7.05 Å². The fraction of sp³-hybridized carbons (Fsp3) is 0.692. The van der Waals surface area contributed by atoms with E-state index in [-0.39, 0.29) is 24.4 Å². The summed E-state index contributed by atoms with van der Waals surface area (Å²) in [7, 11) is 1.86. The van der Waals surface area contributed by atoms with Crippen molar-refractivity contribution >= 4 is 18.3 Å². The van der Waals surface area contributed by atoms with Crippen LogP contribution in [0, 0.1) is 13.8 Å². The highest BCUT2D eigenvalue weighted by Crippen LogP contribution is 2.14. The minimum atomic E-state index is -0.00125. The zero-order valence-corrected chi connectivity index (χ0v) is 12.8. The SMILES string of the molecule is Cc1nn(C)c(C)c1C(=O)NC1CCCNC1C.Cl. The minimum absolute atomic E-state index is 0. The summed E-state index contributed by atoms with van der Waals surface area (Å²) in [6.07, 6.45) is 2.15. The number of carbonyl (C=O) groups excluding carboxylic acids is 1. The number of nitrogens with zero attached hydrogens (tertiary/aromatic N) is 2. The molecule has 2 heterocycles. The molecule has 1 fully saturated rings. The van der Waals surface area contributed by atoms with Crippen LogP contribution in [0.5, 0.6) is 0 Å². The molecular weight excluding hydrogens is 264 g/mol. The molecule has 1 aliphatic heterocycles. The molecule has 0 aliphatic carbocycles. The minimum Gasteiger partial charge on any atom is -0.348 e. The number of rotatable bonds is 2. The fourth-order valence-corrected chi connectivity index (χ4v) is 2.58. The number of amides is 1. The van der Waals surface area contributed by atoms with E-state index in [1.165, 1.54) is 0 Å². The van der Waals surface area contributed by atoms with Crippen LogP contribution in [0.2, 0.25) is 0 Å². The van der Waals surface area contributed by atoms with Crippen LogP contribution in [0.15, 0.2) is 0 Å². The van der Waals surface area contributed by atoms with E-state index in [0.717, 1.165) is 36.3 Å². The topological polar surface area (TPSA) is 59.0 Å². The Morgan fingerprint density at radius 1 is 1.47 bits per heavy atom. The number of piperidine rings is 1. The summed E-state index contributed by atoms with van der Waals surface area (Å²) >= 11 is 0. The van der Waals surface area contributed by atoms with Crippen LogP contribution in [-0.4, -0.2) is 34.3 Å². The van der Waals surface area contributed by atoms with E-state index >= 15 is 0 Å². The lowest BCUT2D eigenvalue weighted by Gasteiger charge is -2.30. The Kier molecular flexibility index (Phi) is 5.38. The van der Waals surface area contributed by atoms with Gasteiger partial charge in [-0.15, -0.1) is 12.4 Å². The van der Waals surface area contributed by atoms with Crippen molar-refractivity contribution in [1.29, 1.82) is 0 Å². The van der Waals surface area contributed by atoms with Crippen LogP contribution < -0.4 is 10.6 Å². The van der Waals surface area contributed by atoms with Crippen molar-refractivity contribution < 1.29 is 4.79 Å². The van der Waals surface area contributed by atoms with E-state index in [4.69, 9.17) is 0 Å². The van der Waals surface area contributed by atoms with Gasteiger partial charge in [0.1, 0.15) is 0 Å². The third kappa shape index (κ3) is 3.28. The molecule has 1 aromatic heterocycles. The molecule has 0 aromatic carbocycles. The molecule has 0 radical (unpaired) electrons. The number of hydrogen-bond donors (Lipinski definition) is 2. The van der Waals surface area contributed by atoms with Crippen LogP contribution in [0.3, 0.4) is 0 Å². The van der Waals surface area contributed by atoms with Gasteiger partial charge in [0.2, 0.25) is 0 Å². The van der Waals surface area contributed by atoms with E-state index in [2.05, 4.69) is 22.7 Å². The van der Waals surface area contributed by atoms with E-state index in [1.807, 2.05) is 20.9 Å². The van der Waals surface area contributed by atoms with Gasteiger partial charge in [-0.1, -0.05) is 0 Å². The second kappa shape index (κ2) is 6.39. The summed E-state index contributed by atoms with van der Waals surface area (Å²) in [5.74, 6) is -0.00125. The quantitative estimate of drug-likeness (QED) is 0.862. The standard InChI is InChI=1S/C13H22N4O.ClH/c1-8-11(6-5-7-14-8)15-13(18)12-9(2)16-17(4)10(12)3;/h8,11,14H,5-7H2,1-4H3,(H,15,18);1H. The van der Waals surface area contributed by atoms with Gasteiger partial charge in [0.15, 0.2) is 0 Å². The van der Waals surface area contributed by atoms with E-state index in [0.29, 0.717) is 6.04 Å². The van der Waals surface area contributed by atoms with Crippen molar-refractivity contribution in [3.8, 4) is 0 Å². The average Bonchev–Trinajstić information content (AvgIpc) is 2.56. The van der Waals surface area contributed by atoms with E-state index < -0.39 is 0 Å². The smallest absolute Gasteiger partial charge is 0.255 e. The van der Waals surface area contributed by atoms with Gasteiger partial charge in [0.05, 0.1) is 11.3 Å². The van der Waals surface area contributed by atoms with Gasteiger partial charge < -0.3 is 10.6 Å². The van der Waals surface area contributed by atoms with Gasteiger partial charge in [-0.05, 0) is 40.2 Å². The molecule has 5 nitrogen and oxygen atoms in total. The lowest BCUT2D eigenvalue weighted by Crippen LogP contribution is -2.52. The van der Waals surface area contributed by atoms with Gasteiger partial charge in [-0.25, -0.2) is 0 Å². The van der Waals surface area contributed by atoms with E-state index in [1.54, 1.807) is 4.68 Å². The van der Waals surface area contributed by atoms with Crippen LogP contribution in [-0.2, 0) is 7.05 Å². The second-order valence-electron chi connectivity index (χ2n) is 5.13. The first-order valence-corrected chi connectivity index (χ1v) is 6.55. The van der Waals surface area contributed by atoms with Crippen LogP contribution in [0.1, 0.15) is 41.5 Å². The molecule has 1 aromatic rings. The highest BCUT2D eigenvalue weighted by molar-refractivity contribution is 5.96. The van der Waals surface area contributed by atoms with Gasteiger partial charge in [-0.3, -0.25) is 9.48 Å². The lowest BCUT2D eigenvalue weighted by atomic mass is 9.99.